The van der Waals surface area contributed by atoms with Crippen molar-refractivity contribution >= 4 is 16.9 Å². The number of hydrogen-bond acceptors (Lipinski definition) is 3. The van der Waals surface area contributed by atoms with Gasteiger partial charge < -0.3 is 10.3 Å². The van der Waals surface area contributed by atoms with Gasteiger partial charge in [-0.1, -0.05) is 0 Å². The van der Waals surface area contributed by atoms with Crippen molar-refractivity contribution < 1.29 is 4.39 Å². The zero-order valence-corrected chi connectivity index (χ0v) is 8.03. The predicted octanol–water partition coefficient (Wildman–Crippen LogP) is 1.73. The number of pyridine rings is 1. The molecular formula is C9H11FN4. The van der Waals surface area contributed by atoms with Crippen LogP contribution in [0.3, 0.4) is 0 Å². The Morgan fingerprint density at radius 1 is 1.50 bits per heavy atom. The first-order valence-corrected chi connectivity index (χ1v) is 4.38. The van der Waals surface area contributed by atoms with Crippen LogP contribution in [0.5, 0.6) is 0 Å². The molecule has 4 nitrogen and oxygen atoms in total. The summed E-state index contributed by atoms with van der Waals surface area (Å²) in [5.41, 5.74) is 6.99. The van der Waals surface area contributed by atoms with Crippen LogP contribution in [0.15, 0.2) is 12.4 Å². The lowest BCUT2D eigenvalue weighted by atomic mass is 10.3. The van der Waals surface area contributed by atoms with Crippen molar-refractivity contribution in [2.45, 2.75) is 19.9 Å². The van der Waals surface area contributed by atoms with E-state index >= 15 is 0 Å². The minimum Gasteiger partial charge on any atom is -0.397 e. The molecule has 0 aromatic carbocycles. The van der Waals surface area contributed by atoms with Gasteiger partial charge in [-0.2, -0.15) is 9.37 Å². The smallest absolute Gasteiger partial charge is 0.217 e. The molecule has 2 N–H and O–H groups in total. The summed E-state index contributed by atoms with van der Waals surface area (Å²) in [7, 11) is 0. The minimum atomic E-state index is -0.572. The molecule has 0 atom stereocenters. The third-order valence-corrected chi connectivity index (χ3v) is 2.08. The normalized spacial score (nSPS) is 11.4. The fourth-order valence-electron chi connectivity index (χ4n) is 1.38. The molecule has 0 spiro atoms. The van der Waals surface area contributed by atoms with Gasteiger partial charge in [-0.05, 0) is 13.8 Å². The third-order valence-electron chi connectivity index (χ3n) is 2.08. The Morgan fingerprint density at radius 3 is 2.86 bits per heavy atom. The van der Waals surface area contributed by atoms with Gasteiger partial charge in [-0.3, -0.25) is 0 Å². The van der Waals surface area contributed by atoms with Crippen molar-refractivity contribution in [3.05, 3.63) is 18.3 Å². The summed E-state index contributed by atoms with van der Waals surface area (Å²) in [5, 5.41) is 0. The van der Waals surface area contributed by atoms with Gasteiger partial charge in [-0.15, -0.1) is 0 Å². The van der Waals surface area contributed by atoms with Crippen LogP contribution in [0.4, 0.5) is 10.1 Å². The van der Waals surface area contributed by atoms with Gasteiger partial charge >= 0.3 is 0 Å². The quantitative estimate of drug-likeness (QED) is 0.703. The van der Waals surface area contributed by atoms with E-state index in [-0.39, 0.29) is 6.04 Å². The summed E-state index contributed by atoms with van der Waals surface area (Å²) in [4.78, 5) is 7.86. The van der Waals surface area contributed by atoms with Crippen LogP contribution in [0, 0.1) is 5.95 Å². The second-order valence-corrected chi connectivity index (χ2v) is 3.45. The summed E-state index contributed by atoms with van der Waals surface area (Å²) in [6.45, 7) is 3.95. The number of fused-ring (bicyclic) bond motifs is 1. The summed E-state index contributed by atoms with van der Waals surface area (Å²) < 4.78 is 14.8. The van der Waals surface area contributed by atoms with E-state index < -0.39 is 5.95 Å². The molecule has 0 aliphatic rings. The first kappa shape index (κ1) is 8.93. The Balaban J connectivity index is 2.78. The molecule has 5 heteroatoms. The van der Waals surface area contributed by atoms with Gasteiger partial charge in [0.15, 0.2) is 5.65 Å². The van der Waals surface area contributed by atoms with Crippen molar-refractivity contribution in [2.75, 3.05) is 5.73 Å². The van der Waals surface area contributed by atoms with E-state index in [1.807, 2.05) is 13.8 Å². The number of rotatable bonds is 1. The maximum atomic E-state index is 13.0. The number of halogens is 1. The fraction of sp³-hybridized carbons (Fsp3) is 0.333. The highest BCUT2D eigenvalue weighted by atomic mass is 19.1. The van der Waals surface area contributed by atoms with E-state index in [1.54, 1.807) is 10.9 Å². The molecule has 2 aromatic rings. The highest BCUT2D eigenvalue weighted by molar-refractivity contribution is 5.83. The maximum absolute atomic E-state index is 13.0. The lowest BCUT2D eigenvalue weighted by Gasteiger charge is -2.06. The Morgan fingerprint density at radius 2 is 2.21 bits per heavy atom. The van der Waals surface area contributed by atoms with Crippen LogP contribution in [0.25, 0.3) is 11.2 Å². The topological polar surface area (TPSA) is 56.7 Å². The van der Waals surface area contributed by atoms with Gasteiger partial charge in [0.2, 0.25) is 5.95 Å². The van der Waals surface area contributed by atoms with E-state index in [4.69, 9.17) is 5.73 Å². The molecular weight excluding hydrogens is 183 g/mol. The van der Waals surface area contributed by atoms with Gasteiger partial charge in [0.25, 0.3) is 0 Å². The monoisotopic (exact) mass is 194 g/mol. The average Bonchev–Trinajstić information content (AvgIpc) is 2.47. The van der Waals surface area contributed by atoms with Crippen LogP contribution in [0.2, 0.25) is 0 Å². The van der Waals surface area contributed by atoms with Crippen molar-refractivity contribution in [3.63, 3.8) is 0 Å². The van der Waals surface area contributed by atoms with Gasteiger partial charge in [0.05, 0.1) is 12.0 Å². The molecule has 0 unspecified atom stereocenters. The Labute approximate surface area is 80.6 Å². The van der Waals surface area contributed by atoms with E-state index in [2.05, 4.69) is 9.97 Å². The molecule has 2 aromatic heterocycles. The SMILES string of the molecule is CC(C)n1cnc2c(N)cc(F)nc21. The molecule has 74 valence electrons. The van der Waals surface area contributed by atoms with E-state index in [1.165, 1.54) is 6.07 Å². The number of hydrogen-bond donors (Lipinski definition) is 1. The molecule has 0 saturated carbocycles. The summed E-state index contributed by atoms with van der Waals surface area (Å²) >= 11 is 0. The molecule has 0 radical (unpaired) electrons. The van der Waals surface area contributed by atoms with Crippen LogP contribution in [-0.4, -0.2) is 14.5 Å². The van der Waals surface area contributed by atoms with Crippen molar-refractivity contribution in [2.24, 2.45) is 0 Å². The van der Waals surface area contributed by atoms with E-state index in [0.29, 0.717) is 16.9 Å². The molecule has 2 heterocycles. The Bertz CT molecular complexity index is 475. The molecule has 2 rings (SSSR count). The average molecular weight is 194 g/mol. The van der Waals surface area contributed by atoms with Crippen molar-refractivity contribution in [1.29, 1.82) is 0 Å². The Hall–Kier alpha value is -1.65. The highest BCUT2D eigenvalue weighted by Crippen LogP contribution is 2.20. The van der Waals surface area contributed by atoms with Gasteiger partial charge in [0, 0.05) is 12.1 Å². The van der Waals surface area contributed by atoms with Crippen molar-refractivity contribution in [3.8, 4) is 0 Å². The number of imidazole rings is 1. The Kier molecular flexibility index (Phi) is 1.87. The first-order valence-electron chi connectivity index (χ1n) is 4.38. The summed E-state index contributed by atoms with van der Waals surface area (Å²) in [5.74, 6) is -0.572. The second kappa shape index (κ2) is 2.94. The number of nitrogens with two attached hydrogens (primary N) is 1. The van der Waals surface area contributed by atoms with Crippen LogP contribution in [-0.2, 0) is 0 Å². The number of anilines is 1. The number of nitrogens with zero attached hydrogens (tertiary/aromatic N) is 3. The van der Waals surface area contributed by atoms with Gasteiger partial charge in [0.1, 0.15) is 5.52 Å². The molecule has 0 bridgehead atoms. The molecule has 0 fully saturated rings. The van der Waals surface area contributed by atoms with Crippen LogP contribution < -0.4 is 5.73 Å². The lowest BCUT2D eigenvalue weighted by Crippen LogP contribution is -2.01. The zero-order valence-electron chi connectivity index (χ0n) is 8.03. The highest BCUT2D eigenvalue weighted by Gasteiger charge is 2.10. The molecule has 0 aliphatic carbocycles. The number of nitrogen functional groups attached to an aromatic ring is 1. The summed E-state index contributed by atoms with van der Waals surface area (Å²) in [6.07, 6.45) is 1.62. The first-order chi connectivity index (χ1) is 6.59. The summed E-state index contributed by atoms with van der Waals surface area (Å²) in [6, 6.07) is 1.37. The fourth-order valence-corrected chi connectivity index (χ4v) is 1.38. The number of aromatic nitrogens is 3. The van der Waals surface area contributed by atoms with Crippen LogP contribution in [0.1, 0.15) is 19.9 Å². The largest absolute Gasteiger partial charge is 0.397 e. The van der Waals surface area contributed by atoms with Crippen molar-refractivity contribution in [1.82, 2.24) is 14.5 Å². The lowest BCUT2D eigenvalue weighted by molar-refractivity contribution is 0.574. The molecule has 0 amide bonds. The molecule has 14 heavy (non-hydrogen) atoms. The van der Waals surface area contributed by atoms with Gasteiger partial charge in [-0.25, -0.2) is 4.98 Å². The van der Waals surface area contributed by atoms with E-state index in [0.717, 1.165) is 0 Å². The van der Waals surface area contributed by atoms with E-state index in [9.17, 15) is 4.39 Å². The predicted molar refractivity (Wildman–Crippen MR) is 52.3 cm³/mol. The van der Waals surface area contributed by atoms with Crippen LogP contribution >= 0.6 is 0 Å². The standard InChI is InChI=1S/C9H11FN4/c1-5(2)14-4-12-8-6(11)3-7(10)13-9(8)14/h3-5H,1-2H3,(H2,11,13). The molecule has 0 saturated heterocycles. The maximum Gasteiger partial charge on any atom is 0.217 e. The zero-order chi connectivity index (χ0) is 10.3. The molecule has 0 aliphatic heterocycles. The second-order valence-electron chi connectivity index (χ2n) is 3.45. The third kappa shape index (κ3) is 1.21. The minimum absolute atomic E-state index is 0.189.